The molecule has 0 amide bonds. The molecule has 0 aliphatic carbocycles. The van der Waals surface area contributed by atoms with E-state index in [-0.39, 0.29) is 0 Å². The summed E-state index contributed by atoms with van der Waals surface area (Å²) in [6, 6.07) is 7.68. The molecule has 1 aromatic rings. The van der Waals surface area contributed by atoms with E-state index in [4.69, 9.17) is 0 Å². The van der Waals surface area contributed by atoms with Crippen molar-refractivity contribution in [1.82, 2.24) is 9.62 Å². The average molecular weight is 312 g/mol. The molecule has 0 fully saturated rings. The van der Waals surface area contributed by atoms with Crippen LogP contribution in [0.15, 0.2) is 29.2 Å². The summed E-state index contributed by atoms with van der Waals surface area (Å²) in [5, 5.41) is 3.52. The molecule has 0 spiro atoms. The lowest BCUT2D eigenvalue weighted by Gasteiger charge is -2.24. The SMILES string of the molecule is CCCNC(C)C(CC)c1ccc(S(=O)(=O)N(C)C)cc1. The van der Waals surface area contributed by atoms with Gasteiger partial charge in [0.2, 0.25) is 10.0 Å². The van der Waals surface area contributed by atoms with Crippen LogP contribution in [0.3, 0.4) is 0 Å². The Hall–Kier alpha value is -0.910. The van der Waals surface area contributed by atoms with Crippen LogP contribution < -0.4 is 5.32 Å². The maximum Gasteiger partial charge on any atom is 0.242 e. The van der Waals surface area contributed by atoms with Gasteiger partial charge in [0.1, 0.15) is 0 Å². The van der Waals surface area contributed by atoms with E-state index in [1.165, 1.54) is 9.87 Å². The highest BCUT2D eigenvalue weighted by Gasteiger charge is 2.20. The van der Waals surface area contributed by atoms with Crippen molar-refractivity contribution in [1.29, 1.82) is 0 Å². The third kappa shape index (κ3) is 4.53. The molecular weight excluding hydrogens is 284 g/mol. The minimum atomic E-state index is -3.34. The van der Waals surface area contributed by atoms with Gasteiger partial charge in [-0.2, -0.15) is 0 Å². The first-order valence-electron chi connectivity index (χ1n) is 7.60. The molecule has 0 saturated carbocycles. The predicted molar refractivity (Wildman–Crippen MR) is 88.1 cm³/mol. The molecule has 0 aliphatic heterocycles. The Morgan fingerprint density at radius 2 is 1.71 bits per heavy atom. The van der Waals surface area contributed by atoms with Crippen LogP contribution in [0.5, 0.6) is 0 Å². The van der Waals surface area contributed by atoms with Crippen molar-refractivity contribution in [2.45, 2.75) is 50.5 Å². The second kappa shape index (κ2) is 7.92. The van der Waals surface area contributed by atoms with E-state index in [1.807, 2.05) is 12.1 Å². The number of hydrogen-bond donors (Lipinski definition) is 1. The average Bonchev–Trinajstić information content (AvgIpc) is 2.46. The summed E-state index contributed by atoms with van der Waals surface area (Å²) in [6.45, 7) is 7.51. The molecule has 120 valence electrons. The summed E-state index contributed by atoms with van der Waals surface area (Å²) in [4.78, 5) is 0.347. The summed E-state index contributed by atoms with van der Waals surface area (Å²) in [5.41, 5.74) is 1.19. The van der Waals surface area contributed by atoms with Crippen molar-refractivity contribution in [2.24, 2.45) is 0 Å². The third-order valence-corrected chi connectivity index (χ3v) is 5.68. The van der Waals surface area contributed by atoms with Crippen LogP contribution in [0.2, 0.25) is 0 Å². The van der Waals surface area contributed by atoms with Gasteiger partial charge >= 0.3 is 0 Å². The Morgan fingerprint density at radius 1 is 1.14 bits per heavy atom. The molecule has 1 N–H and O–H groups in total. The number of nitrogens with zero attached hydrogens (tertiary/aromatic N) is 1. The lowest BCUT2D eigenvalue weighted by molar-refractivity contribution is 0.450. The first kappa shape index (κ1) is 18.1. The van der Waals surface area contributed by atoms with Crippen LogP contribution >= 0.6 is 0 Å². The monoisotopic (exact) mass is 312 g/mol. The Kier molecular flexibility index (Phi) is 6.84. The largest absolute Gasteiger partial charge is 0.314 e. The second-order valence-corrected chi connectivity index (χ2v) is 7.77. The van der Waals surface area contributed by atoms with Crippen LogP contribution in [0.25, 0.3) is 0 Å². The topological polar surface area (TPSA) is 49.4 Å². The fraction of sp³-hybridized carbons (Fsp3) is 0.625. The quantitative estimate of drug-likeness (QED) is 0.803. The predicted octanol–water partition coefficient (Wildman–Crippen LogP) is 2.82. The first-order valence-corrected chi connectivity index (χ1v) is 9.04. The summed E-state index contributed by atoms with van der Waals surface area (Å²) >= 11 is 0. The lowest BCUT2D eigenvalue weighted by atomic mass is 9.90. The zero-order valence-electron chi connectivity index (χ0n) is 13.8. The molecule has 21 heavy (non-hydrogen) atoms. The Bertz CT molecular complexity index is 524. The zero-order valence-corrected chi connectivity index (χ0v) is 14.6. The fourth-order valence-electron chi connectivity index (χ4n) is 2.49. The minimum Gasteiger partial charge on any atom is -0.314 e. The molecule has 0 saturated heterocycles. The van der Waals surface area contributed by atoms with Crippen LogP contribution in [0.1, 0.15) is 45.1 Å². The summed E-state index contributed by atoms with van der Waals surface area (Å²) < 4.78 is 25.4. The normalized spacial score (nSPS) is 15.1. The molecule has 0 aromatic heterocycles. The van der Waals surface area contributed by atoms with Gasteiger partial charge in [-0.1, -0.05) is 26.0 Å². The zero-order chi connectivity index (χ0) is 16.0. The van der Waals surface area contributed by atoms with Crippen molar-refractivity contribution < 1.29 is 8.42 Å². The van der Waals surface area contributed by atoms with Crippen molar-refractivity contribution >= 4 is 10.0 Å². The van der Waals surface area contributed by atoms with E-state index >= 15 is 0 Å². The van der Waals surface area contributed by atoms with Gasteiger partial charge in [0.15, 0.2) is 0 Å². The van der Waals surface area contributed by atoms with Gasteiger partial charge in [-0.05, 0) is 49.9 Å². The van der Waals surface area contributed by atoms with E-state index in [0.717, 1.165) is 19.4 Å². The molecule has 0 bridgehead atoms. The van der Waals surface area contributed by atoms with Gasteiger partial charge in [0, 0.05) is 20.1 Å². The molecule has 0 aliphatic rings. The van der Waals surface area contributed by atoms with Gasteiger partial charge in [-0.25, -0.2) is 12.7 Å². The molecule has 2 atom stereocenters. The van der Waals surface area contributed by atoms with Crippen molar-refractivity contribution in [2.75, 3.05) is 20.6 Å². The van der Waals surface area contributed by atoms with E-state index < -0.39 is 10.0 Å². The van der Waals surface area contributed by atoms with Crippen molar-refractivity contribution in [3.63, 3.8) is 0 Å². The Balaban J connectivity index is 2.94. The molecular formula is C16H28N2O2S. The number of nitrogens with one attached hydrogen (secondary N) is 1. The summed E-state index contributed by atoms with van der Waals surface area (Å²) in [7, 11) is -0.242. The molecule has 5 heteroatoms. The van der Waals surface area contributed by atoms with E-state index in [2.05, 4.69) is 26.1 Å². The van der Waals surface area contributed by atoms with E-state index in [1.54, 1.807) is 26.2 Å². The van der Waals surface area contributed by atoms with E-state index in [0.29, 0.717) is 16.9 Å². The standard InChI is InChI=1S/C16H28N2O2S/c1-6-12-17-13(3)16(7-2)14-8-10-15(11-9-14)21(19,20)18(4)5/h8-11,13,16-17H,6-7,12H2,1-5H3. The number of hydrogen-bond acceptors (Lipinski definition) is 3. The van der Waals surface area contributed by atoms with Crippen LogP contribution in [-0.2, 0) is 10.0 Å². The second-order valence-electron chi connectivity index (χ2n) is 5.61. The van der Waals surface area contributed by atoms with Gasteiger partial charge in [-0.15, -0.1) is 0 Å². The molecule has 0 radical (unpaired) electrons. The summed E-state index contributed by atoms with van der Waals surface area (Å²) in [6.07, 6.45) is 2.14. The van der Waals surface area contributed by atoms with Crippen LogP contribution in [0.4, 0.5) is 0 Å². The van der Waals surface area contributed by atoms with Crippen molar-refractivity contribution in [3.05, 3.63) is 29.8 Å². The highest BCUT2D eigenvalue weighted by molar-refractivity contribution is 7.89. The van der Waals surface area contributed by atoms with Crippen LogP contribution in [0, 0.1) is 0 Å². The highest BCUT2D eigenvalue weighted by Crippen LogP contribution is 2.25. The molecule has 4 nitrogen and oxygen atoms in total. The number of sulfonamides is 1. The third-order valence-electron chi connectivity index (χ3n) is 3.85. The maximum atomic E-state index is 12.1. The number of benzene rings is 1. The first-order chi connectivity index (χ1) is 9.84. The summed E-state index contributed by atoms with van der Waals surface area (Å²) in [5.74, 6) is 0.396. The highest BCUT2D eigenvalue weighted by atomic mass is 32.2. The lowest BCUT2D eigenvalue weighted by Crippen LogP contribution is -2.32. The molecule has 2 unspecified atom stereocenters. The van der Waals surface area contributed by atoms with Gasteiger partial charge in [-0.3, -0.25) is 0 Å². The van der Waals surface area contributed by atoms with Crippen molar-refractivity contribution in [3.8, 4) is 0 Å². The minimum absolute atomic E-state index is 0.347. The molecule has 1 aromatic carbocycles. The maximum absolute atomic E-state index is 12.1. The smallest absolute Gasteiger partial charge is 0.242 e. The Morgan fingerprint density at radius 3 is 2.14 bits per heavy atom. The Labute approximate surface area is 129 Å². The van der Waals surface area contributed by atoms with Crippen LogP contribution in [-0.4, -0.2) is 39.4 Å². The fourth-order valence-corrected chi connectivity index (χ4v) is 3.39. The van der Waals surface area contributed by atoms with E-state index in [9.17, 15) is 8.42 Å². The molecule has 1 rings (SSSR count). The van der Waals surface area contributed by atoms with Gasteiger partial charge < -0.3 is 5.32 Å². The molecule has 0 heterocycles. The number of rotatable bonds is 8. The van der Waals surface area contributed by atoms with Gasteiger partial charge in [0.05, 0.1) is 4.90 Å². The van der Waals surface area contributed by atoms with Gasteiger partial charge in [0.25, 0.3) is 0 Å².